The molecule has 2 heterocycles. The van der Waals surface area contributed by atoms with Crippen molar-refractivity contribution in [1.29, 1.82) is 0 Å². The van der Waals surface area contributed by atoms with Crippen molar-refractivity contribution in [3.63, 3.8) is 0 Å². The van der Waals surface area contributed by atoms with Gasteiger partial charge in [-0.2, -0.15) is 0 Å². The molecule has 1 aliphatic heterocycles. The zero-order valence-corrected chi connectivity index (χ0v) is 11.8. The van der Waals surface area contributed by atoms with Crippen LogP contribution < -0.4 is 10.1 Å². The fourth-order valence-electron chi connectivity index (χ4n) is 2.54. The first-order chi connectivity index (χ1) is 9.61. The van der Waals surface area contributed by atoms with Crippen LogP contribution in [0, 0.1) is 19.8 Å². The summed E-state index contributed by atoms with van der Waals surface area (Å²) in [6.45, 7) is 5.29. The van der Waals surface area contributed by atoms with Crippen molar-refractivity contribution in [2.45, 2.75) is 20.3 Å². The molecule has 0 unspecified atom stereocenters. The fourth-order valence-corrected chi connectivity index (χ4v) is 2.54. The smallest absolute Gasteiger partial charge is 0.220 e. The van der Waals surface area contributed by atoms with Gasteiger partial charge in [-0.1, -0.05) is 6.07 Å². The molecule has 104 valence electrons. The van der Waals surface area contributed by atoms with Crippen LogP contribution >= 0.6 is 0 Å². The van der Waals surface area contributed by atoms with Crippen LogP contribution in [-0.2, 0) is 4.79 Å². The summed E-state index contributed by atoms with van der Waals surface area (Å²) < 4.78 is 5.94. The number of fused-ring (bicyclic) bond motifs is 1. The maximum absolute atomic E-state index is 11.2. The van der Waals surface area contributed by atoms with Crippen molar-refractivity contribution in [3.05, 3.63) is 35.5 Å². The van der Waals surface area contributed by atoms with Crippen LogP contribution in [0.2, 0.25) is 0 Å². The molecule has 1 aliphatic rings. The number of nitrogens with one attached hydrogen (secondary N) is 1. The van der Waals surface area contributed by atoms with Gasteiger partial charge < -0.3 is 10.1 Å². The largest absolute Gasteiger partial charge is 0.492 e. The number of hydrogen-bond donors (Lipinski definition) is 1. The number of benzene rings is 1. The molecule has 0 bridgehead atoms. The maximum atomic E-state index is 11.2. The van der Waals surface area contributed by atoms with E-state index in [1.807, 2.05) is 19.1 Å². The highest BCUT2D eigenvalue weighted by molar-refractivity contribution is 5.85. The van der Waals surface area contributed by atoms with E-state index in [2.05, 4.69) is 29.4 Å². The number of rotatable bonds is 3. The van der Waals surface area contributed by atoms with Crippen molar-refractivity contribution in [3.8, 4) is 5.75 Å². The lowest BCUT2D eigenvalue weighted by Gasteiger charge is -2.13. The number of aromatic nitrogens is 1. The van der Waals surface area contributed by atoms with E-state index in [0.717, 1.165) is 22.3 Å². The van der Waals surface area contributed by atoms with Gasteiger partial charge in [0, 0.05) is 36.0 Å². The van der Waals surface area contributed by atoms with Crippen molar-refractivity contribution in [1.82, 2.24) is 10.3 Å². The molecule has 1 saturated heterocycles. The summed E-state index contributed by atoms with van der Waals surface area (Å²) in [5.74, 6) is 1.23. The lowest BCUT2D eigenvalue weighted by Crippen LogP contribution is -2.16. The molecule has 2 aromatic rings. The summed E-state index contributed by atoms with van der Waals surface area (Å²) in [5, 5.41) is 3.86. The normalized spacial score (nSPS) is 18.3. The Bertz CT molecular complexity index is 662. The van der Waals surface area contributed by atoms with E-state index in [-0.39, 0.29) is 11.8 Å². The number of hydrogen-bond acceptors (Lipinski definition) is 3. The third kappa shape index (κ3) is 2.59. The quantitative estimate of drug-likeness (QED) is 0.931. The summed E-state index contributed by atoms with van der Waals surface area (Å²) >= 11 is 0. The molecule has 1 N–H and O–H groups in total. The zero-order chi connectivity index (χ0) is 14.1. The lowest BCUT2D eigenvalue weighted by atomic mass is 10.1. The number of aryl methyl sites for hydroxylation is 2. The molecule has 1 atom stereocenters. The summed E-state index contributed by atoms with van der Waals surface area (Å²) in [6, 6.07) is 8.13. The highest BCUT2D eigenvalue weighted by atomic mass is 16.5. The standard InChI is InChI=1S/C16H18N2O2/c1-10-3-4-13-14(5-10)18-11(2)6-15(13)20-9-12-7-16(19)17-8-12/h3-6,12H,7-9H2,1-2H3,(H,17,19)/t12-/m0/s1. The molecule has 1 aromatic carbocycles. The molecular weight excluding hydrogens is 252 g/mol. The first-order valence-corrected chi connectivity index (χ1v) is 6.89. The summed E-state index contributed by atoms with van der Waals surface area (Å²) in [5.41, 5.74) is 3.09. The molecule has 3 rings (SSSR count). The van der Waals surface area contributed by atoms with E-state index in [4.69, 9.17) is 4.74 Å². The Morgan fingerprint density at radius 2 is 2.20 bits per heavy atom. The van der Waals surface area contributed by atoms with Crippen molar-refractivity contribution in [2.24, 2.45) is 5.92 Å². The summed E-state index contributed by atoms with van der Waals surface area (Å²) in [7, 11) is 0. The van der Waals surface area contributed by atoms with Crippen LogP contribution in [0.15, 0.2) is 24.3 Å². The predicted octanol–water partition coefficient (Wildman–Crippen LogP) is 2.37. The predicted molar refractivity (Wildman–Crippen MR) is 77.8 cm³/mol. The second-order valence-electron chi connectivity index (χ2n) is 5.47. The molecule has 0 saturated carbocycles. The van der Waals surface area contributed by atoms with E-state index >= 15 is 0 Å². The molecule has 20 heavy (non-hydrogen) atoms. The Kier molecular flexibility index (Phi) is 3.30. The number of carbonyl (C=O) groups excluding carboxylic acids is 1. The van der Waals surface area contributed by atoms with Gasteiger partial charge in [0.05, 0.1) is 12.1 Å². The average molecular weight is 270 g/mol. The van der Waals surface area contributed by atoms with Crippen molar-refractivity contribution < 1.29 is 9.53 Å². The third-order valence-electron chi connectivity index (χ3n) is 3.59. The molecular formula is C16H18N2O2. The van der Waals surface area contributed by atoms with Crippen LogP contribution in [0.1, 0.15) is 17.7 Å². The first-order valence-electron chi connectivity index (χ1n) is 6.89. The topological polar surface area (TPSA) is 51.2 Å². The maximum Gasteiger partial charge on any atom is 0.220 e. The van der Waals surface area contributed by atoms with E-state index in [9.17, 15) is 4.79 Å². The van der Waals surface area contributed by atoms with Gasteiger partial charge in [0.25, 0.3) is 0 Å². The Hall–Kier alpha value is -2.10. The molecule has 0 radical (unpaired) electrons. The summed E-state index contributed by atoms with van der Waals surface area (Å²) in [6.07, 6.45) is 0.557. The Balaban J connectivity index is 1.85. The molecule has 1 fully saturated rings. The fraction of sp³-hybridized carbons (Fsp3) is 0.375. The van der Waals surface area contributed by atoms with E-state index in [1.165, 1.54) is 5.56 Å². The van der Waals surface area contributed by atoms with Gasteiger partial charge in [-0.3, -0.25) is 9.78 Å². The van der Waals surface area contributed by atoms with Gasteiger partial charge in [-0.15, -0.1) is 0 Å². The summed E-state index contributed by atoms with van der Waals surface area (Å²) in [4.78, 5) is 15.7. The molecule has 1 amide bonds. The second kappa shape index (κ2) is 5.12. The Labute approximate surface area is 118 Å². The monoisotopic (exact) mass is 270 g/mol. The molecule has 4 nitrogen and oxygen atoms in total. The minimum absolute atomic E-state index is 0.116. The number of carbonyl (C=O) groups is 1. The van der Waals surface area contributed by atoms with Crippen molar-refractivity contribution in [2.75, 3.05) is 13.2 Å². The van der Waals surface area contributed by atoms with Gasteiger partial charge in [0.2, 0.25) is 5.91 Å². The van der Waals surface area contributed by atoms with Gasteiger partial charge in [0.1, 0.15) is 5.75 Å². The van der Waals surface area contributed by atoms with Crippen LogP contribution in [0.5, 0.6) is 5.75 Å². The molecule has 0 spiro atoms. The number of amides is 1. The van der Waals surface area contributed by atoms with Crippen LogP contribution in [0.3, 0.4) is 0 Å². The van der Waals surface area contributed by atoms with Crippen LogP contribution in [0.4, 0.5) is 0 Å². The SMILES string of the molecule is Cc1ccc2c(OC[C@@H]3CNC(=O)C3)cc(C)nc2c1. The van der Waals surface area contributed by atoms with Gasteiger partial charge >= 0.3 is 0 Å². The second-order valence-corrected chi connectivity index (χ2v) is 5.47. The Morgan fingerprint density at radius 1 is 1.35 bits per heavy atom. The minimum atomic E-state index is 0.116. The average Bonchev–Trinajstić information content (AvgIpc) is 2.81. The van der Waals surface area contributed by atoms with Crippen LogP contribution in [-0.4, -0.2) is 24.0 Å². The highest BCUT2D eigenvalue weighted by Crippen LogP contribution is 2.27. The van der Waals surface area contributed by atoms with Gasteiger partial charge in [0.15, 0.2) is 0 Å². The third-order valence-corrected chi connectivity index (χ3v) is 3.59. The Morgan fingerprint density at radius 3 is 2.95 bits per heavy atom. The van der Waals surface area contributed by atoms with Crippen molar-refractivity contribution >= 4 is 16.8 Å². The van der Waals surface area contributed by atoms with E-state index < -0.39 is 0 Å². The number of nitrogens with zero attached hydrogens (tertiary/aromatic N) is 1. The zero-order valence-electron chi connectivity index (χ0n) is 11.8. The first kappa shape index (κ1) is 12.9. The van der Waals surface area contributed by atoms with E-state index in [0.29, 0.717) is 19.6 Å². The molecule has 1 aromatic heterocycles. The number of pyridine rings is 1. The van der Waals surface area contributed by atoms with Gasteiger partial charge in [-0.25, -0.2) is 0 Å². The van der Waals surface area contributed by atoms with Crippen LogP contribution in [0.25, 0.3) is 10.9 Å². The van der Waals surface area contributed by atoms with E-state index in [1.54, 1.807) is 0 Å². The number of ether oxygens (including phenoxy) is 1. The molecule has 4 heteroatoms. The van der Waals surface area contributed by atoms with Gasteiger partial charge in [-0.05, 0) is 31.5 Å². The lowest BCUT2D eigenvalue weighted by molar-refractivity contribution is -0.119. The minimum Gasteiger partial charge on any atom is -0.492 e. The molecule has 0 aliphatic carbocycles. The highest BCUT2D eigenvalue weighted by Gasteiger charge is 2.22.